The molecule has 0 atom stereocenters. The number of hydrogen-bond donors (Lipinski definition) is 12. The second-order valence-electron chi connectivity index (χ2n) is 7.33. The summed E-state index contributed by atoms with van der Waals surface area (Å²) >= 11 is -2.61. The van der Waals surface area contributed by atoms with Gasteiger partial charge >= 0.3 is 107 Å². The van der Waals surface area contributed by atoms with Gasteiger partial charge in [-0.1, -0.05) is 0 Å². The molecule has 0 unspecified atom stereocenters. The maximum atomic E-state index is 10.6. The molecule has 0 spiro atoms. The monoisotopic (exact) mass is 663 g/mol. The van der Waals surface area contributed by atoms with Crippen LogP contribution in [0.25, 0.3) is 0 Å². The van der Waals surface area contributed by atoms with Crippen molar-refractivity contribution < 1.29 is 131 Å². The first-order valence-corrected chi connectivity index (χ1v) is 10.4. The zero-order valence-electron chi connectivity index (χ0n) is 21.5. The molecule has 0 amide bonds. The van der Waals surface area contributed by atoms with Crippen LogP contribution >= 0.6 is 0 Å². The predicted octanol–water partition coefficient (Wildman–Crippen LogP) is -7.36. The Labute approximate surface area is 282 Å². The van der Waals surface area contributed by atoms with Gasteiger partial charge in [-0.15, -0.1) is 0 Å². The molecule has 16 N–H and O–H groups in total. The van der Waals surface area contributed by atoms with Gasteiger partial charge in [0.05, 0.1) is 0 Å². The van der Waals surface area contributed by atoms with Crippen LogP contribution in [0.4, 0.5) is 0 Å². The van der Waals surface area contributed by atoms with Gasteiger partial charge in [0.2, 0.25) is 0 Å². The van der Waals surface area contributed by atoms with Crippen LogP contribution in [-0.4, -0.2) is 193 Å². The average Bonchev–Trinajstić information content (AvgIpc) is 2.55. The van der Waals surface area contributed by atoms with Crippen LogP contribution in [0.3, 0.4) is 0 Å². The van der Waals surface area contributed by atoms with Gasteiger partial charge in [-0.05, 0) is 0 Å². The molecule has 0 aliphatic rings. The molecule has 236 valence electrons. The molecule has 26 heteroatoms. The molecule has 0 aromatic carbocycles. The van der Waals surface area contributed by atoms with Crippen molar-refractivity contribution in [2.45, 2.75) is 0 Å². The molecule has 0 aliphatic carbocycles. The zero-order chi connectivity index (χ0) is 30.9. The summed E-state index contributed by atoms with van der Waals surface area (Å²) in [4.78, 5) is 84.5. The number of quaternary nitrogens is 2. The minimum absolute atomic E-state index is 0. The number of nitrogens with zero attached hydrogens (tertiary/aromatic N) is 2. The molecule has 0 aromatic heterocycles. The van der Waals surface area contributed by atoms with Gasteiger partial charge in [-0.2, -0.15) is 4.21 Å². The van der Waals surface area contributed by atoms with Gasteiger partial charge in [-0.3, -0.25) is 18.1 Å². The number of rotatable bonds is 16. The van der Waals surface area contributed by atoms with E-state index in [4.69, 9.17) is 54.2 Å². The zero-order valence-corrected chi connectivity index (χ0v) is 24.3. The van der Waals surface area contributed by atoms with E-state index in [-0.39, 0.29) is 71.4 Å². The summed E-state index contributed by atoms with van der Waals surface area (Å²) < 4.78 is 20.7. The van der Waals surface area contributed by atoms with Crippen LogP contribution in [0.1, 0.15) is 0 Å². The van der Waals surface area contributed by atoms with Gasteiger partial charge in [0.1, 0.15) is 0 Å². The Bertz CT molecular complexity index is 740. The standard InChI is InChI=1S/2C8H11NO8.2H3N.2Na.H2O3S.H/c2*10-5(11)1-9(2-6(12)13,3-7(14)15)4-8(16)17;;;;;1-4(2)3;/h2*1-4H2,(H3-,10,11,12,13,14,15,16,17);2*1H3;;;(H2,1,2,3);/q;;;;;+1;;/p+2. The fourth-order valence-electron chi connectivity index (χ4n) is 2.97. The van der Waals surface area contributed by atoms with Gasteiger partial charge in [0.25, 0.3) is 11.4 Å². The van der Waals surface area contributed by atoms with Crippen molar-refractivity contribution in [1.29, 1.82) is 0 Å². The summed E-state index contributed by atoms with van der Waals surface area (Å²) in [6.45, 7) is -7.07. The molecule has 0 rings (SSSR count). The van der Waals surface area contributed by atoms with E-state index in [9.17, 15) is 38.4 Å². The van der Waals surface area contributed by atoms with Crippen molar-refractivity contribution >= 4 is 88.7 Å². The van der Waals surface area contributed by atoms with E-state index in [0.717, 1.165) is 0 Å². The first-order chi connectivity index (χ1) is 17.1. The summed E-state index contributed by atoms with van der Waals surface area (Å²) in [6.07, 6.45) is 0. The Balaban J connectivity index is -0.0000000951. The van der Waals surface area contributed by atoms with Crippen molar-refractivity contribution in [3.63, 3.8) is 0 Å². The SMILES string of the molecule is N.N.O=C(O)C[N+](CC(=O)O)(CC(=O)O)CC(=O)O.O=C(O)C[N+](CC(=O)O)(CC(=O)O)CC(=O)O.O=S(O)O.[Na+].[NaH]. The van der Waals surface area contributed by atoms with Crippen LogP contribution in [-0.2, 0) is 49.7 Å². The Kier molecular flexibility index (Phi) is 36.4. The number of carboxylic acid groups (broad SMARTS) is 8. The van der Waals surface area contributed by atoms with E-state index >= 15 is 0 Å². The summed E-state index contributed by atoms with van der Waals surface area (Å²) in [5, 5.41) is 68.7. The van der Waals surface area contributed by atoms with Gasteiger partial charge in [0.15, 0.2) is 52.4 Å². The van der Waals surface area contributed by atoms with Crippen LogP contribution < -0.4 is 41.9 Å². The second-order valence-corrected chi connectivity index (χ2v) is 7.79. The molecule has 0 aliphatic heterocycles. The maximum absolute atomic E-state index is 10.6. The second kappa shape index (κ2) is 27.5. The number of aliphatic carboxylic acids is 8. The van der Waals surface area contributed by atoms with E-state index in [0.29, 0.717) is 0 Å². The topological polar surface area (TPSA) is 426 Å². The molecule has 0 aromatic rings. The third-order valence-electron chi connectivity index (χ3n) is 3.77. The van der Waals surface area contributed by atoms with Crippen molar-refractivity contribution in [2.24, 2.45) is 0 Å². The molecule has 0 saturated heterocycles. The fourth-order valence-corrected chi connectivity index (χ4v) is 2.97. The molecular weight excluding hydrogens is 630 g/mol. The third kappa shape index (κ3) is 35.7. The Morgan fingerprint density at radius 2 is 0.476 bits per heavy atom. The third-order valence-corrected chi connectivity index (χ3v) is 3.77. The van der Waals surface area contributed by atoms with Gasteiger partial charge in [0, 0.05) is 0 Å². The summed E-state index contributed by atoms with van der Waals surface area (Å²) in [5.41, 5.74) is 0. The summed E-state index contributed by atoms with van der Waals surface area (Å²) in [6, 6.07) is 0. The average molecular weight is 663 g/mol. The molecule has 0 radical (unpaired) electrons. The van der Waals surface area contributed by atoms with E-state index in [2.05, 4.69) is 0 Å². The van der Waals surface area contributed by atoms with Crippen molar-refractivity contribution in [1.82, 2.24) is 12.3 Å². The first-order valence-electron chi connectivity index (χ1n) is 9.31. The summed E-state index contributed by atoms with van der Waals surface area (Å²) in [7, 11) is 0. The molecule has 0 bridgehead atoms. The minimum atomic E-state index is -2.61. The van der Waals surface area contributed by atoms with E-state index in [1.54, 1.807) is 0 Å². The number of carbonyl (C=O) groups is 8. The Morgan fingerprint density at radius 1 is 0.405 bits per heavy atom. The van der Waals surface area contributed by atoms with Crippen LogP contribution in [0.2, 0.25) is 0 Å². The molecule has 0 heterocycles. The van der Waals surface area contributed by atoms with Crippen molar-refractivity contribution in [3.05, 3.63) is 0 Å². The quantitative estimate of drug-likeness (QED) is 0.0414. The summed E-state index contributed by atoms with van der Waals surface area (Å²) in [5.74, 6) is -11.7. The van der Waals surface area contributed by atoms with Crippen LogP contribution in [0.5, 0.6) is 0 Å². The molecule has 42 heavy (non-hydrogen) atoms. The molecule has 0 saturated carbocycles. The van der Waals surface area contributed by atoms with E-state index < -0.39 is 120 Å². The van der Waals surface area contributed by atoms with Crippen molar-refractivity contribution in [3.8, 4) is 0 Å². The van der Waals surface area contributed by atoms with E-state index in [1.165, 1.54) is 0 Å². The number of carboxylic acids is 8. The van der Waals surface area contributed by atoms with Crippen LogP contribution in [0, 0.1) is 0 Å². The molecule has 23 nitrogen and oxygen atoms in total. The van der Waals surface area contributed by atoms with Crippen molar-refractivity contribution in [2.75, 3.05) is 52.4 Å². The normalized spacial score (nSPS) is 9.60. The number of hydrogen-bond acceptors (Lipinski definition) is 11. The molecule has 0 fully saturated rings. The Morgan fingerprint density at radius 3 is 0.524 bits per heavy atom. The Hall–Kier alpha value is -2.33. The molecular formula is C16H33N4Na2O19S+3. The van der Waals surface area contributed by atoms with E-state index in [1.807, 2.05) is 0 Å². The fraction of sp³-hybridized carbons (Fsp3) is 0.500. The van der Waals surface area contributed by atoms with Gasteiger partial charge in [-0.25, -0.2) is 38.4 Å². The van der Waals surface area contributed by atoms with Gasteiger partial charge < -0.3 is 53.2 Å². The predicted molar refractivity (Wildman–Crippen MR) is 131 cm³/mol. The van der Waals surface area contributed by atoms with Crippen LogP contribution in [0.15, 0.2) is 0 Å². The first kappa shape index (κ1) is 55.6.